The van der Waals surface area contributed by atoms with Gasteiger partial charge in [-0.1, -0.05) is 158 Å². The first-order valence-corrected chi connectivity index (χ1v) is 23.1. The molecule has 0 aliphatic heterocycles. The van der Waals surface area contributed by atoms with E-state index in [-0.39, 0.29) is 0 Å². The highest BCUT2D eigenvalue weighted by molar-refractivity contribution is 6.09. The molecule has 68 heavy (non-hydrogen) atoms. The van der Waals surface area contributed by atoms with Crippen molar-refractivity contribution in [2.24, 2.45) is 0 Å². The molecule has 3 heterocycles. The smallest absolute Gasteiger partial charge is 0.134 e. The second-order valence-electron chi connectivity index (χ2n) is 17.4. The van der Waals surface area contributed by atoms with Gasteiger partial charge in [0, 0.05) is 52.3 Å². The van der Waals surface area contributed by atoms with Gasteiger partial charge in [-0.25, -0.2) is 8.78 Å². The number of benzene rings is 8. The topological polar surface area (TPSA) is 38.7 Å². The van der Waals surface area contributed by atoms with Gasteiger partial charge in [-0.3, -0.25) is 15.0 Å². The molecule has 0 saturated carbocycles. The molecule has 0 unspecified atom stereocenters. The molecular weight excluding hydrogens is 837 g/mol. The highest BCUT2D eigenvalue weighted by Gasteiger charge is 2.18. The van der Waals surface area contributed by atoms with E-state index < -0.39 is 11.6 Å². The van der Waals surface area contributed by atoms with Gasteiger partial charge in [0.05, 0.1) is 17.1 Å². The molecule has 0 radical (unpaired) electrons. The van der Waals surface area contributed by atoms with Crippen LogP contribution < -0.4 is 0 Å². The molecular formula is C63H45F2N3. The maximum absolute atomic E-state index is 16.4. The summed E-state index contributed by atoms with van der Waals surface area (Å²) >= 11 is 0. The second-order valence-corrected chi connectivity index (χ2v) is 17.4. The van der Waals surface area contributed by atoms with Gasteiger partial charge in [0.15, 0.2) is 0 Å². The van der Waals surface area contributed by atoms with Crippen molar-refractivity contribution in [3.05, 3.63) is 259 Å². The molecule has 0 atom stereocenters. The first kappa shape index (κ1) is 42.2. The standard InChI is InChI=1S/C63H45F2N3/c64-55-38-58(63(59(65)39-55)50-26-24-49(25-27-50)62-40-57-53(41-68-62)29-28-52-37-51(30-31-56(52)57)46-8-2-1-3-9-46)54-35-44(14-12-42-16-20-47(21-17-42)60-10-4-6-32-66-60)34-45(36-54)15-13-43-18-22-48(23-19-43)61-11-5-7-33-67-61/h1-11,16-41H,12-15H2. The molecule has 0 aliphatic carbocycles. The van der Waals surface area contributed by atoms with Crippen LogP contribution in [0.2, 0.25) is 0 Å². The third-order valence-electron chi connectivity index (χ3n) is 12.9. The Morgan fingerprint density at radius 1 is 0.324 bits per heavy atom. The number of rotatable bonds is 12. The predicted molar refractivity (Wildman–Crippen MR) is 275 cm³/mol. The zero-order valence-electron chi connectivity index (χ0n) is 37.3. The average Bonchev–Trinajstić information content (AvgIpc) is 3.40. The van der Waals surface area contributed by atoms with Crippen LogP contribution in [0.3, 0.4) is 0 Å². The zero-order valence-corrected chi connectivity index (χ0v) is 37.3. The van der Waals surface area contributed by atoms with Crippen LogP contribution in [0.1, 0.15) is 22.3 Å². The van der Waals surface area contributed by atoms with Crippen molar-refractivity contribution in [3.63, 3.8) is 0 Å². The van der Waals surface area contributed by atoms with Crippen LogP contribution in [0.15, 0.2) is 225 Å². The Hall–Kier alpha value is -8.41. The number of hydrogen-bond donors (Lipinski definition) is 0. The van der Waals surface area contributed by atoms with Crippen molar-refractivity contribution < 1.29 is 8.78 Å². The number of aryl methyl sites for hydroxylation is 4. The number of nitrogens with zero attached hydrogens (tertiary/aromatic N) is 3. The average molecular weight is 882 g/mol. The van der Waals surface area contributed by atoms with Crippen LogP contribution in [0.5, 0.6) is 0 Å². The first-order valence-electron chi connectivity index (χ1n) is 23.1. The lowest BCUT2D eigenvalue weighted by Crippen LogP contribution is -1.99. The summed E-state index contributed by atoms with van der Waals surface area (Å²) in [6.45, 7) is 0. The van der Waals surface area contributed by atoms with Gasteiger partial charge >= 0.3 is 0 Å². The summed E-state index contributed by atoms with van der Waals surface area (Å²) in [5.41, 5.74) is 15.0. The largest absolute Gasteiger partial charge is 0.256 e. The van der Waals surface area contributed by atoms with E-state index in [1.165, 1.54) is 28.3 Å². The van der Waals surface area contributed by atoms with E-state index in [1.54, 1.807) is 0 Å². The molecule has 0 bridgehead atoms. The van der Waals surface area contributed by atoms with Crippen LogP contribution in [0, 0.1) is 11.6 Å². The predicted octanol–water partition coefficient (Wildman–Crippen LogP) is 16.0. The van der Waals surface area contributed by atoms with Gasteiger partial charge in [0.2, 0.25) is 0 Å². The highest BCUT2D eigenvalue weighted by Crippen LogP contribution is 2.38. The second kappa shape index (κ2) is 18.8. The Balaban J connectivity index is 0.909. The third kappa shape index (κ3) is 9.07. The fourth-order valence-corrected chi connectivity index (χ4v) is 9.36. The van der Waals surface area contributed by atoms with Crippen LogP contribution in [0.25, 0.3) is 88.7 Å². The van der Waals surface area contributed by atoms with Crippen molar-refractivity contribution in [3.8, 4) is 67.2 Å². The van der Waals surface area contributed by atoms with E-state index in [0.717, 1.165) is 104 Å². The molecule has 0 saturated heterocycles. The van der Waals surface area contributed by atoms with Crippen molar-refractivity contribution in [2.75, 3.05) is 0 Å². The summed E-state index contributed by atoms with van der Waals surface area (Å²) in [4.78, 5) is 13.9. The lowest BCUT2D eigenvalue weighted by Gasteiger charge is -2.16. The molecule has 0 fully saturated rings. The van der Waals surface area contributed by atoms with E-state index in [0.29, 0.717) is 16.7 Å². The summed E-state index contributed by atoms with van der Waals surface area (Å²) in [6.07, 6.45) is 8.65. The minimum Gasteiger partial charge on any atom is -0.256 e. The van der Waals surface area contributed by atoms with E-state index in [9.17, 15) is 0 Å². The van der Waals surface area contributed by atoms with E-state index >= 15 is 8.78 Å². The van der Waals surface area contributed by atoms with E-state index in [1.807, 2.05) is 85.3 Å². The maximum atomic E-state index is 16.4. The normalized spacial score (nSPS) is 11.3. The molecule has 0 amide bonds. The molecule has 11 rings (SSSR count). The molecule has 3 aromatic heterocycles. The molecule has 8 aromatic carbocycles. The molecule has 0 aliphatic rings. The minimum atomic E-state index is -0.616. The fraction of sp³-hybridized carbons (Fsp3) is 0.0635. The van der Waals surface area contributed by atoms with Gasteiger partial charge in [-0.05, 0) is 134 Å². The summed E-state index contributed by atoms with van der Waals surface area (Å²) < 4.78 is 31.8. The molecule has 11 aromatic rings. The molecule has 3 nitrogen and oxygen atoms in total. The molecule has 0 spiro atoms. The van der Waals surface area contributed by atoms with Crippen molar-refractivity contribution >= 4 is 21.5 Å². The highest BCUT2D eigenvalue weighted by atomic mass is 19.1. The van der Waals surface area contributed by atoms with Crippen LogP contribution >= 0.6 is 0 Å². The summed E-state index contributed by atoms with van der Waals surface area (Å²) in [5.74, 6) is -1.22. The molecule has 0 N–H and O–H groups in total. The van der Waals surface area contributed by atoms with Gasteiger partial charge in [0.1, 0.15) is 11.6 Å². The van der Waals surface area contributed by atoms with Crippen molar-refractivity contribution in [1.29, 1.82) is 0 Å². The Morgan fingerprint density at radius 3 is 1.49 bits per heavy atom. The fourth-order valence-electron chi connectivity index (χ4n) is 9.36. The van der Waals surface area contributed by atoms with Gasteiger partial charge in [-0.15, -0.1) is 0 Å². The van der Waals surface area contributed by atoms with Crippen molar-refractivity contribution in [2.45, 2.75) is 25.7 Å². The number of halogens is 2. The lowest BCUT2D eigenvalue weighted by atomic mass is 9.89. The lowest BCUT2D eigenvalue weighted by molar-refractivity contribution is 0.586. The number of hydrogen-bond acceptors (Lipinski definition) is 3. The van der Waals surface area contributed by atoms with Gasteiger partial charge in [0.25, 0.3) is 0 Å². The minimum absolute atomic E-state index is 0.364. The quantitative estimate of drug-likeness (QED) is 0.115. The SMILES string of the molecule is Fc1cc(F)c(-c2ccc(-c3cc4c(ccc5cc(-c6ccccc6)ccc54)cn3)cc2)c(-c2cc(CCc3ccc(-c4ccccn4)cc3)cc(CCc3ccc(-c4ccccn4)cc3)c2)c1. The first-order chi connectivity index (χ1) is 33.5. The van der Waals surface area contributed by atoms with Gasteiger partial charge in [-0.2, -0.15) is 0 Å². The Kier molecular flexibility index (Phi) is 11.7. The summed E-state index contributed by atoms with van der Waals surface area (Å²) in [6, 6.07) is 69.1. The van der Waals surface area contributed by atoms with Crippen LogP contribution in [-0.4, -0.2) is 15.0 Å². The summed E-state index contributed by atoms with van der Waals surface area (Å²) in [7, 11) is 0. The number of aromatic nitrogens is 3. The van der Waals surface area contributed by atoms with Crippen molar-refractivity contribution in [1.82, 2.24) is 15.0 Å². The van der Waals surface area contributed by atoms with E-state index in [2.05, 4.69) is 137 Å². The number of fused-ring (bicyclic) bond motifs is 3. The zero-order chi connectivity index (χ0) is 45.8. The third-order valence-corrected chi connectivity index (χ3v) is 12.9. The Bertz CT molecular complexity index is 3430. The van der Waals surface area contributed by atoms with Crippen LogP contribution in [0.4, 0.5) is 8.78 Å². The summed E-state index contributed by atoms with van der Waals surface area (Å²) in [5, 5.41) is 4.48. The van der Waals surface area contributed by atoms with E-state index in [4.69, 9.17) is 4.98 Å². The molecule has 5 heteroatoms. The maximum Gasteiger partial charge on any atom is 0.134 e. The Labute approximate surface area is 395 Å². The number of pyridine rings is 3. The van der Waals surface area contributed by atoms with Gasteiger partial charge < -0.3 is 0 Å². The Morgan fingerprint density at radius 2 is 0.868 bits per heavy atom. The molecule has 326 valence electrons. The van der Waals surface area contributed by atoms with Crippen LogP contribution in [-0.2, 0) is 25.7 Å². The monoisotopic (exact) mass is 881 g/mol.